The van der Waals surface area contributed by atoms with Crippen LogP contribution in [-0.4, -0.2) is 22.4 Å². The molecule has 6 nitrogen and oxygen atoms in total. The van der Waals surface area contributed by atoms with Crippen LogP contribution in [0.1, 0.15) is 27.9 Å². The lowest BCUT2D eigenvalue weighted by Crippen LogP contribution is -2.10. The number of amides is 1. The van der Waals surface area contributed by atoms with Crippen LogP contribution in [0.2, 0.25) is 0 Å². The molecule has 0 aliphatic heterocycles. The average Bonchev–Trinajstić information content (AvgIpc) is 3.03. The predicted octanol–water partition coefficient (Wildman–Crippen LogP) is 4.58. The number of hydrogen-bond donors (Lipinski definition) is 3. The van der Waals surface area contributed by atoms with E-state index in [9.17, 15) is 4.79 Å². The summed E-state index contributed by atoms with van der Waals surface area (Å²) in [6.45, 7) is 6.67. The summed E-state index contributed by atoms with van der Waals surface area (Å²) < 4.78 is 0. The molecule has 134 valence electrons. The highest BCUT2D eigenvalue weighted by atomic mass is 32.1. The smallest absolute Gasteiger partial charge is 0.265 e. The van der Waals surface area contributed by atoms with Gasteiger partial charge in [-0.3, -0.25) is 4.79 Å². The number of anilines is 4. The number of carbonyl (C=O) groups is 1. The van der Waals surface area contributed by atoms with Crippen molar-refractivity contribution in [2.75, 3.05) is 22.5 Å². The largest absolute Gasteiger partial charge is 0.354 e. The van der Waals surface area contributed by atoms with Gasteiger partial charge in [-0.25, -0.2) is 4.98 Å². The first-order valence-corrected chi connectivity index (χ1v) is 9.24. The summed E-state index contributed by atoms with van der Waals surface area (Å²) in [5.41, 5.74) is 3.61. The molecule has 0 fully saturated rings. The van der Waals surface area contributed by atoms with Crippen LogP contribution in [0.4, 0.5) is 23.1 Å². The van der Waals surface area contributed by atoms with E-state index in [1.807, 2.05) is 62.5 Å². The minimum atomic E-state index is -0.0921. The summed E-state index contributed by atoms with van der Waals surface area (Å²) in [5.74, 6) is 1.23. The van der Waals surface area contributed by atoms with Crippen LogP contribution in [0.25, 0.3) is 0 Å². The normalized spacial score (nSPS) is 10.4. The van der Waals surface area contributed by atoms with Crippen molar-refractivity contribution in [2.24, 2.45) is 0 Å². The van der Waals surface area contributed by atoms with Crippen LogP contribution < -0.4 is 16.0 Å². The van der Waals surface area contributed by atoms with Gasteiger partial charge in [0.25, 0.3) is 5.91 Å². The van der Waals surface area contributed by atoms with Crippen molar-refractivity contribution in [1.82, 2.24) is 9.97 Å². The quantitative estimate of drug-likeness (QED) is 0.594. The van der Waals surface area contributed by atoms with Crippen LogP contribution in [0, 0.1) is 13.8 Å². The number of rotatable bonds is 6. The fraction of sp³-hybridized carbons (Fsp3) is 0.211. The molecular weight excluding hydrogens is 346 g/mol. The lowest BCUT2D eigenvalue weighted by atomic mass is 10.2. The molecule has 0 atom stereocenters. The number of carbonyl (C=O) groups excluding carboxylic acids is 1. The zero-order chi connectivity index (χ0) is 18.5. The zero-order valence-electron chi connectivity index (χ0n) is 15.0. The van der Waals surface area contributed by atoms with Crippen molar-refractivity contribution in [1.29, 1.82) is 0 Å². The highest BCUT2D eigenvalue weighted by Gasteiger charge is 2.08. The highest BCUT2D eigenvalue weighted by Crippen LogP contribution is 2.20. The molecule has 0 unspecified atom stereocenters. The molecule has 1 amide bonds. The third-order valence-corrected chi connectivity index (χ3v) is 4.61. The third-order valence-electron chi connectivity index (χ3n) is 3.56. The fourth-order valence-electron chi connectivity index (χ4n) is 2.40. The Kier molecular flexibility index (Phi) is 5.48. The van der Waals surface area contributed by atoms with Crippen LogP contribution in [-0.2, 0) is 0 Å². The van der Waals surface area contributed by atoms with E-state index in [1.54, 1.807) is 0 Å². The van der Waals surface area contributed by atoms with Crippen LogP contribution in [0.3, 0.4) is 0 Å². The summed E-state index contributed by atoms with van der Waals surface area (Å²) in [6, 6.07) is 11.3. The molecular formula is C19H21N5OS. The van der Waals surface area contributed by atoms with E-state index >= 15 is 0 Å². The minimum Gasteiger partial charge on any atom is -0.354 e. The van der Waals surface area contributed by atoms with E-state index in [1.165, 1.54) is 11.3 Å². The molecule has 3 aromatic rings. The molecule has 26 heavy (non-hydrogen) atoms. The van der Waals surface area contributed by atoms with Gasteiger partial charge >= 0.3 is 0 Å². The predicted molar refractivity (Wildman–Crippen MR) is 108 cm³/mol. The number of benzene rings is 1. The highest BCUT2D eigenvalue weighted by molar-refractivity contribution is 7.12. The van der Waals surface area contributed by atoms with Gasteiger partial charge in [0.1, 0.15) is 5.82 Å². The average molecular weight is 367 g/mol. The number of nitrogens with one attached hydrogen (secondary N) is 3. The number of thiophene rings is 1. The first kappa shape index (κ1) is 17.9. The Labute approximate surface area is 156 Å². The minimum absolute atomic E-state index is 0.0921. The molecule has 0 spiro atoms. The van der Waals surface area contributed by atoms with E-state index in [-0.39, 0.29) is 5.91 Å². The van der Waals surface area contributed by atoms with Gasteiger partial charge < -0.3 is 16.0 Å². The SMILES string of the molecule is CCNc1nc(C)cc(Nc2ccc(NC(=O)c3cc(C)cs3)cc2)n1. The van der Waals surface area contributed by atoms with Crippen molar-refractivity contribution in [3.05, 3.63) is 57.9 Å². The number of hydrogen-bond acceptors (Lipinski definition) is 6. The maximum Gasteiger partial charge on any atom is 0.265 e. The summed E-state index contributed by atoms with van der Waals surface area (Å²) in [6.07, 6.45) is 0. The van der Waals surface area contributed by atoms with Crippen molar-refractivity contribution < 1.29 is 4.79 Å². The molecule has 0 aliphatic carbocycles. The van der Waals surface area contributed by atoms with Gasteiger partial charge in [-0.1, -0.05) is 0 Å². The van der Waals surface area contributed by atoms with E-state index in [2.05, 4.69) is 25.9 Å². The van der Waals surface area contributed by atoms with E-state index < -0.39 is 0 Å². The second kappa shape index (κ2) is 7.97. The lowest BCUT2D eigenvalue weighted by Gasteiger charge is -2.10. The van der Waals surface area contributed by atoms with Crippen molar-refractivity contribution >= 4 is 40.4 Å². The van der Waals surface area contributed by atoms with E-state index in [4.69, 9.17) is 0 Å². The second-order valence-corrected chi connectivity index (χ2v) is 6.80. The van der Waals surface area contributed by atoms with Crippen molar-refractivity contribution in [3.63, 3.8) is 0 Å². The van der Waals surface area contributed by atoms with Crippen molar-refractivity contribution in [3.8, 4) is 0 Å². The number of nitrogens with zero attached hydrogens (tertiary/aromatic N) is 2. The first-order valence-electron chi connectivity index (χ1n) is 8.36. The molecule has 0 saturated carbocycles. The molecule has 2 heterocycles. The summed E-state index contributed by atoms with van der Waals surface area (Å²) in [5, 5.41) is 11.2. The molecule has 3 N–H and O–H groups in total. The Morgan fingerprint density at radius 1 is 1.08 bits per heavy atom. The molecule has 2 aromatic heterocycles. The maximum atomic E-state index is 12.2. The Morgan fingerprint density at radius 2 is 1.81 bits per heavy atom. The molecule has 7 heteroatoms. The second-order valence-electron chi connectivity index (χ2n) is 5.89. The van der Waals surface area contributed by atoms with E-state index in [0.29, 0.717) is 10.8 Å². The molecule has 0 bridgehead atoms. The molecule has 3 rings (SSSR count). The van der Waals surface area contributed by atoms with Crippen molar-refractivity contribution in [2.45, 2.75) is 20.8 Å². The summed E-state index contributed by atoms with van der Waals surface area (Å²) >= 11 is 1.44. The Balaban J connectivity index is 1.67. The molecule has 0 saturated heterocycles. The van der Waals surface area contributed by atoms with Gasteiger partial charge in [0.2, 0.25) is 5.95 Å². The van der Waals surface area contributed by atoms with E-state index in [0.717, 1.165) is 35.0 Å². The maximum absolute atomic E-state index is 12.2. The van der Waals surface area contributed by atoms with Gasteiger partial charge in [0, 0.05) is 29.7 Å². The zero-order valence-corrected chi connectivity index (χ0v) is 15.8. The molecule has 1 aromatic carbocycles. The Bertz CT molecular complexity index is 905. The Morgan fingerprint density at radius 3 is 2.46 bits per heavy atom. The number of aryl methyl sites for hydroxylation is 2. The van der Waals surface area contributed by atoms with Crippen LogP contribution in [0.5, 0.6) is 0 Å². The number of aromatic nitrogens is 2. The Hall–Kier alpha value is -2.93. The molecule has 0 aliphatic rings. The monoisotopic (exact) mass is 367 g/mol. The van der Waals surface area contributed by atoms with Gasteiger partial charge in [-0.05, 0) is 62.0 Å². The van der Waals surface area contributed by atoms with Crippen LogP contribution in [0.15, 0.2) is 41.8 Å². The summed E-state index contributed by atoms with van der Waals surface area (Å²) in [7, 11) is 0. The van der Waals surface area contributed by atoms with Crippen LogP contribution >= 0.6 is 11.3 Å². The third kappa shape index (κ3) is 4.58. The summed E-state index contributed by atoms with van der Waals surface area (Å²) in [4.78, 5) is 21.7. The van der Waals surface area contributed by atoms with Gasteiger partial charge in [-0.2, -0.15) is 4.98 Å². The van der Waals surface area contributed by atoms with Gasteiger partial charge in [0.15, 0.2) is 0 Å². The topological polar surface area (TPSA) is 78.9 Å². The van der Waals surface area contributed by atoms with Gasteiger partial charge in [-0.15, -0.1) is 11.3 Å². The standard InChI is InChI=1S/C19H21N5OS/c1-4-20-19-21-13(3)10-17(24-19)22-14-5-7-15(8-6-14)23-18(25)16-9-12(2)11-26-16/h5-11H,4H2,1-3H3,(H,23,25)(H2,20,21,22,24). The first-order chi connectivity index (χ1) is 12.5. The molecule has 0 radical (unpaired) electrons. The fourth-order valence-corrected chi connectivity index (χ4v) is 3.19. The van der Waals surface area contributed by atoms with Gasteiger partial charge in [0.05, 0.1) is 4.88 Å². The lowest BCUT2D eigenvalue weighted by molar-refractivity contribution is 0.103.